The molecule has 26 heavy (non-hydrogen) atoms. The third-order valence-electron chi connectivity index (χ3n) is 4.00. The Morgan fingerprint density at radius 1 is 1.35 bits per heavy atom. The lowest BCUT2D eigenvalue weighted by molar-refractivity contribution is -0.137. The third-order valence-corrected chi connectivity index (χ3v) is 4.94. The van der Waals surface area contributed by atoms with Gasteiger partial charge in [0.1, 0.15) is 5.01 Å². The SMILES string of the molecule is O=C(Cc1csc(-c2cccc(C(F)(F)F)c2)n1)NCC1=CCNCC1. The molecular formula is C18H18F3N3OS. The van der Waals surface area contributed by atoms with Crippen LogP contribution in [-0.4, -0.2) is 30.5 Å². The van der Waals surface area contributed by atoms with Crippen LogP contribution in [0.25, 0.3) is 10.6 Å². The Morgan fingerprint density at radius 2 is 2.19 bits per heavy atom. The molecule has 1 aliphatic rings. The van der Waals surface area contributed by atoms with Crippen LogP contribution in [-0.2, 0) is 17.4 Å². The van der Waals surface area contributed by atoms with Crippen molar-refractivity contribution in [1.29, 1.82) is 0 Å². The second kappa shape index (κ2) is 8.01. The number of carbonyl (C=O) groups excluding carboxylic acids is 1. The molecule has 0 fully saturated rings. The van der Waals surface area contributed by atoms with E-state index in [1.165, 1.54) is 23.0 Å². The predicted molar refractivity (Wildman–Crippen MR) is 94.8 cm³/mol. The molecule has 0 atom stereocenters. The Morgan fingerprint density at radius 3 is 2.92 bits per heavy atom. The maximum absolute atomic E-state index is 12.8. The van der Waals surface area contributed by atoms with Gasteiger partial charge in [-0.05, 0) is 25.1 Å². The van der Waals surface area contributed by atoms with E-state index in [9.17, 15) is 18.0 Å². The summed E-state index contributed by atoms with van der Waals surface area (Å²) in [4.78, 5) is 16.4. The summed E-state index contributed by atoms with van der Waals surface area (Å²) in [6.45, 7) is 2.25. The fraction of sp³-hybridized carbons (Fsp3) is 0.333. The van der Waals surface area contributed by atoms with Crippen molar-refractivity contribution in [3.63, 3.8) is 0 Å². The monoisotopic (exact) mass is 381 g/mol. The Kier molecular flexibility index (Phi) is 5.73. The van der Waals surface area contributed by atoms with E-state index in [-0.39, 0.29) is 12.3 Å². The van der Waals surface area contributed by atoms with Crippen molar-refractivity contribution >= 4 is 17.2 Å². The summed E-state index contributed by atoms with van der Waals surface area (Å²) >= 11 is 1.23. The van der Waals surface area contributed by atoms with Gasteiger partial charge in [0.05, 0.1) is 17.7 Å². The van der Waals surface area contributed by atoms with Gasteiger partial charge < -0.3 is 10.6 Å². The van der Waals surface area contributed by atoms with Crippen molar-refractivity contribution in [3.05, 3.63) is 52.6 Å². The standard InChI is InChI=1S/C18H18F3N3OS/c19-18(20,21)14-3-1-2-13(8-14)17-24-15(11-26-17)9-16(25)23-10-12-4-6-22-7-5-12/h1-4,8,11,22H,5-7,9-10H2,(H,23,25). The van der Waals surface area contributed by atoms with Crippen molar-refractivity contribution in [2.24, 2.45) is 0 Å². The van der Waals surface area contributed by atoms with Gasteiger partial charge in [0, 0.05) is 24.0 Å². The van der Waals surface area contributed by atoms with Gasteiger partial charge in [-0.15, -0.1) is 11.3 Å². The van der Waals surface area contributed by atoms with Gasteiger partial charge in [-0.3, -0.25) is 4.79 Å². The maximum Gasteiger partial charge on any atom is 0.416 e. The van der Waals surface area contributed by atoms with Crippen LogP contribution in [0.1, 0.15) is 17.7 Å². The summed E-state index contributed by atoms with van der Waals surface area (Å²) in [5.41, 5.74) is 1.44. The van der Waals surface area contributed by atoms with E-state index in [4.69, 9.17) is 0 Å². The van der Waals surface area contributed by atoms with Gasteiger partial charge in [-0.25, -0.2) is 4.98 Å². The van der Waals surface area contributed by atoms with Crippen molar-refractivity contribution in [3.8, 4) is 10.6 Å². The first kappa shape index (κ1) is 18.6. The average Bonchev–Trinajstić information content (AvgIpc) is 3.09. The van der Waals surface area contributed by atoms with E-state index in [1.54, 1.807) is 11.4 Å². The minimum Gasteiger partial charge on any atom is -0.352 e. The molecule has 3 rings (SSSR count). The highest BCUT2D eigenvalue weighted by Crippen LogP contribution is 2.33. The molecule has 0 bridgehead atoms. The molecule has 0 saturated heterocycles. The number of aromatic nitrogens is 1. The zero-order chi connectivity index (χ0) is 18.6. The summed E-state index contributed by atoms with van der Waals surface area (Å²) in [7, 11) is 0. The number of nitrogens with one attached hydrogen (secondary N) is 2. The van der Waals surface area contributed by atoms with Crippen LogP contribution < -0.4 is 10.6 Å². The molecule has 1 aromatic carbocycles. The van der Waals surface area contributed by atoms with E-state index >= 15 is 0 Å². The van der Waals surface area contributed by atoms with E-state index in [1.807, 2.05) is 0 Å². The predicted octanol–water partition coefficient (Wildman–Crippen LogP) is 3.41. The number of nitrogens with zero attached hydrogens (tertiary/aromatic N) is 1. The first-order valence-corrected chi connectivity index (χ1v) is 9.07. The summed E-state index contributed by atoms with van der Waals surface area (Å²) < 4.78 is 38.5. The highest BCUT2D eigenvalue weighted by atomic mass is 32.1. The number of hydrogen-bond donors (Lipinski definition) is 2. The van der Waals surface area contributed by atoms with Gasteiger partial charge in [-0.2, -0.15) is 13.2 Å². The lowest BCUT2D eigenvalue weighted by Gasteiger charge is -2.14. The van der Waals surface area contributed by atoms with Crippen LogP contribution in [0.3, 0.4) is 0 Å². The van der Waals surface area contributed by atoms with Crippen molar-refractivity contribution in [2.75, 3.05) is 19.6 Å². The molecular weight excluding hydrogens is 363 g/mol. The minimum absolute atomic E-state index is 0.112. The molecule has 1 aromatic heterocycles. The first-order valence-electron chi connectivity index (χ1n) is 8.19. The van der Waals surface area contributed by atoms with E-state index in [2.05, 4.69) is 21.7 Å². The summed E-state index contributed by atoms with van der Waals surface area (Å²) in [6, 6.07) is 5.05. The van der Waals surface area contributed by atoms with Crippen LogP contribution in [0.4, 0.5) is 13.2 Å². The molecule has 0 saturated carbocycles. The number of carbonyl (C=O) groups is 1. The lowest BCUT2D eigenvalue weighted by Crippen LogP contribution is -2.30. The number of benzene rings is 1. The van der Waals surface area contributed by atoms with Crippen molar-refractivity contribution in [2.45, 2.75) is 19.0 Å². The van der Waals surface area contributed by atoms with Crippen LogP contribution in [0.15, 0.2) is 41.3 Å². The van der Waals surface area contributed by atoms with Crippen LogP contribution in [0.5, 0.6) is 0 Å². The van der Waals surface area contributed by atoms with Gasteiger partial charge in [0.15, 0.2) is 0 Å². The molecule has 4 nitrogen and oxygen atoms in total. The summed E-state index contributed by atoms with van der Waals surface area (Å²) in [5, 5.41) is 8.24. The van der Waals surface area contributed by atoms with E-state index in [0.29, 0.717) is 22.8 Å². The van der Waals surface area contributed by atoms with E-state index < -0.39 is 11.7 Å². The fourth-order valence-corrected chi connectivity index (χ4v) is 3.44. The third kappa shape index (κ3) is 4.92. The van der Waals surface area contributed by atoms with Crippen LogP contribution >= 0.6 is 11.3 Å². The molecule has 2 heterocycles. The van der Waals surface area contributed by atoms with Crippen molar-refractivity contribution in [1.82, 2.24) is 15.6 Å². The average molecular weight is 381 g/mol. The number of rotatable bonds is 5. The molecule has 0 aliphatic carbocycles. The van der Waals surface area contributed by atoms with Gasteiger partial charge in [-0.1, -0.05) is 23.8 Å². The number of amides is 1. The molecule has 1 amide bonds. The molecule has 1 aliphatic heterocycles. The topological polar surface area (TPSA) is 54.0 Å². The summed E-state index contributed by atoms with van der Waals surface area (Å²) in [5.74, 6) is -0.148. The quantitative estimate of drug-likeness (QED) is 0.781. The smallest absolute Gasteiger partial charge is 0.352 e. The minimum atomic E-state index is -4.39. The summed E-state index contributed by atoms with van der Waals surface area (Å²) in [6.07, 6.45) is -1.30. The molecule has 2 N–H and O–H groups in total. The molecule has 0 spiro atoms. The lowest BCUT2D eigenvalue weighted by atomic mass is 10.1. The van der Waals surface area contributed by atoms with Gasteiger partial charge >= 0.3 is 6.18 Å². The normalized spacial score (nSPS) is 14.8. The molecule has 0 radical (unpaired) electrons. The Hall–Kier alpha value is -2.19. The zero-order valence-corrected chi connectivity index (χ0v) is 14.7. The van der Waals surface area contributed by atoms with Gasteiger partial charge in [0.25, 0.3) is 0 Å². The molecule has 0 unspecified atom stereocenters. The molecule has 2 aromatic rings. The fourth-order valence-electron chi connectivity index (χ4n) is 2.62. The Labute approximate surface area is 153 Å². The van der Waals surface area contributed by atoms with Crippen molar-refractivity contribution < 1.29 is 18.0 Å². The zero-order valence-electron chi connectivity index (χ0n) is 13.9. The van der Waals surface area contributed by atoms with Crippen LogP contribution in [0, 0.1) is 0 Å². The van der Waals surface area contributed by atoms with Gasteiger partial charge in [0.2, 0.25) is 5.91 Å². The number of halogens is 3. The molecule has 8 heteroatoms. The second-order valence-electron chi connectivity index (χ2n) is 5.99. The van der Waals surface area contributed by atoms with E-state index in [0.717, 1.165) is 31.6 Å². The maximum atomic E-state index is 12.8. The highest BCUT2D eigenvalue weighted by molar-refractivity contribution is 7.13. The van der Waals surface area contributed by atoms with Crippen LogP contribution in [0.2, 0.25) is 0 Å². The number of alkyl halides is 3. The largest absolute Gasteiger partial charge is 0.416 e. The highest BCUT2D eigenvalue weighted by Gasteiger charge is 2.30. The Balaban J connectivity index is 1.61. The Bertz CT molecular complexity index is 814. The first-order chi connectivity index (χ1) is 12.4. The second-order valence-corrected chi connectivity index (χ2v) is 6.85. The molecule has 138 valence electrons. The number of thiazole rings is 1. The number of hydrogen-bond acceptors (Lipinski definition) is 4.